The molecule has 0 aromatic heterocycles. The molecule has 3 heteroatoms. The lowest BCUT2D eigenvalue weighted by Crippen LogP contribution is -2.02. The third-order valence-electron chi connectivity index (χ3n) is 0.653. The van der Waals surface area contributed by atoms with Crippen molar-refractivity contribution >= 4 is 12.1 Å². The molecule has 0 aromatic rings. The molecular weight excluding hydrogens is 118 g/mol. The van der Waals surface area contributed by atoms with Crippen molar-refractivity contribution in [2.75, 3.05) is 14.1 Å². The maximum atomic E-state index is 10.2. The van der Waals surface area contributed by atoms with E-state index in [1.54, 1.807) is 19.0 Å². The van der Waals surface area contributed by atoms with Gasteiger partial charge in [-0.3, -0.25) is 9.59 Å². The summed E-state index contributed by atoms with van der Waals surface area (Å²) in [6, 6.07) is 0. The molecule has 0 aliphatic heterocycles. The average molecular weight is 127 g/mol. The highest BCUT2D eigenvalue weighted by Crippen LogP contribution is 1.76. The Morgan fingerprint density at radius 2 is 2.00 bits per heavy atom. The highest BCUT2D eigenvalue weighted by atomic mass is 16.2. The van der Waals surface area contributed by atoms with E-state index in [-0.39, 0.29) is 6.29 Å². The van der Waals surface area contributed by atoms with Crippen LogP contribution < -0.4 is 0 Å². The second kappa shape index (κ2) is 3.83. The molecule has 3 nitrogen and oxygen atoms in total. The molecule has 9 heavy (non-hydrogen) atoms. The summed E-state index contributed by atoms with van der Waals surface area (Å²) >= 11 is 0. The van der Waals surface area contributed by atoms with Crippen molar-refractivity contribution in [1.29, 1.82) is 0 Å². The number of hydrogen-bond acceptors (Lipinski definition) is 3. The molecule has 50 valence electrons. The minimum Gasteiger partial charge on any atom is -0.383 e. The van der Waals surface area contributed by atoms with Gasteiger partial charge < -0.3 is 4.90 Å². The molecule has 0 bridgehead atoms. The Hall–Kier alpha value is -1.12. The monoisotopic (exact) mass is 127 g/mol. The molecule has 0 unspecified atom stereocenters. The Bertz CT molecular complexity index is 138. The first-order valence-corrected chi connectivity index (χ1v) is 2.50. The fraction of sp³-hybridized carbons (Fsp3) is 0.333. The summed E-state index contributed by atoms with van der Waals surface area (Å²) in [4.78, 5) is 21.6. The molecule has 0 aliphatic carbocycles. The Labute approximate surface area is 54.0 Å². The van der Waals surface area contributed by atoms with Crippen LogP contribution in [0.15, 0.2) is 12.3 Å². The van der Waals surface area contributed by atoms with Crippen LogP contribution in [0.1, 0.15) is 0 Å². The van der Waals surface area contributed by atoms with E-state index in [9.17, 15) is 9.59 Å². The number of carbonyl (C=O) groups is 2. The van der Waals surface area contributed by atoms with Gasteiger partial charge in [-0.25, -0.2) is 0 Å². The maximum absolute atomic E-state index is 10.2. The van der Waals surface area contributed by atoms with E-state index in [4.69, 9.17) is 0 Å². The van der Waals surface area contributed by atoms with Crippen LogP contribution in [-0.2, 0) is 9.59 Å². The van der Waals surface area contributed by atoms with E-state index in [1.165, 1.54) is 12.3 Å². The summed E-state index contributed by atoms with van der Waals surface area (Å²) in [6.07, 6.45) is 3.02. The van der Waals surface area contributed by atoms with Gasteiger partial charge in [0.1, 0.15) is 0 Å². The minimum absolute atomic E-state index is 0.278. The molecule has 0 N–H and O–H groups in total. The Kier molecular flexibility index (Phi) is 3.35. The summed E-state index contributed by atoms with van der Waals surface area (Å²) in [6.45, 7) is 0. The fourth-order valence-electron chi connectivity index (χ4n) is 0.262. The van der Waals surface area contributed by atoms with E-state index >= 15 is 0 Å². The summed E-state index contributed by atoms with van der Waals surface area (Å²) in [7, 11) is 3.54. The van der Waals surface area contributed by atoms with Gasteiger partial charge in [0.05, 0.1) is 0 Å². The SMILES string of the molecule is CN(C)/C=C/C(=O)C=O. The van der Waals surface area contributed by atoms with Gasteiger partial charge in [0.2, 0.25) is 5.78 Å². The van der Waals surface area contributed by atoms with Crippen LogP contribution in [-0.4, -0.2) is 31.1 Å². The first-order chi connectivity index (χ1) is 4.16. The number of aldehydes is 1. The Morgan fingerprint density at radius 3 is 2.33 bits per heavy atom. The van der Waals surface area contributed by atoms with E-state index in [0.717, 1.165) is 0 Å². The van der Waals surface area contributed by atoms with Crippen molar-refractivity contribution in [1.82, 2.24) is 4.90 Å². The lowest BCUT2D eigenvalue weighted by Gasteiger charge is -2.00. The van der Waals surface area contributed by atoms with Crippen LogP contribution >= 0.6 is 0 Å². The predicted molar refractivity (Wildman–Crippen MR) is 33.9 cm³/mol. The summed E-state index contributed by atoms with van der Waals surface area (Å²) in [5.74, 6) is -0.510. The van der Waals surface area contributed by atoms with Crippen molar-refractivity contribution in [2.24, 2.45) is 0 Å². The van der Waals surface area contributed by atoms with Gasteiger partial charge in [0, 0.05) is 26.4 Å². The summed E-state index contributed by atoms with van der Waals surface area (Å²) in [5.41, 5.74) is 0. The zero-order valence-corrected chi connectivity index (χ0v) is 5.50. The number of nitrogens with zero attached hydrogens (tertiary/aromatic N) is 1. The first-order valence-electron chi connectivity index (χ1n) is 2.50. The highest BCUT2D eigenvalue weighted by molar-refractivity contribution is 6.30. The number of ketones is 1. The van der Waals surface area contributed by atoms with Crippen LogP contribution in [0.5, 0.6) is 0 Å². The van der Waals surface area contributed by atoms with E-state index in [2.05, 4.69) is 0 Å². The van der Waals surface area contributed by atoms with Crippen molar-refractivity contribution < 1.29 is 9.59 Å². The third-order valence-corrected chi connectivity index (χ3v) is 0.653. The summed E-state index contributed by atoms with van der Waals surface area (Å²) < 4.78 is 0. The topological polar surface area (TPSA) is 37.4 Å². The maximum Gasteiger partial charge on any atom is 0.219 e. The molecule has 0 spiro atoms. The predicted octanol–water partition coefficient (Wildman–Crippen LogP) is -0.170. The Morgan fingerprint density at radius 1 is 1.44 bits per heavy atom. The van der Waals surface area contributed by atoms with Crippen molar-refractivity contribution in [3.63, 3.8) is 0 Å². The standard InChI is InChI=1S/C6H9NO2/c1-7(2)4-3-6(9)5-8/h3-5H,1-2H3/b4-3+. The molecule has 0 aliphatic rings. The van der Waals surface area contributed by atoms with Gasteiger partial charge in [-0.2, -0.15) is 0 Å². The molecule has 0 aromatic carbocycles. The van der Waals surface area contributed by atoms with Gasteiger partial charge in [-0.1, -0.05) is 0 Å². The fourth-order valence-corrected chi connectivity index (χ4v) is 0.262. The van der Waals surface area contributed by atoms with E-state index in [0.29, 0.717) is 0 Å². The lowest BCUT2D eigenvalue weighted by atomic mass is 10.4. The molecule has 0 saturated heterocycles. The normalized spacial score (nSPS) is 9.56. The molecular formula is C6H9NO2. The molecule has 0 heterocycles. The third kappa shape index (κ3) is 4.74. The quantitative estimate of drug-likeness (QED) is 0.300. The number of hydrogen-bond donors (Lipinski definition) is 0. The van der Waals surface area contributed by atoms with Crippen LogP contribution in [0.25, 0.3) is 0 Å². The van der Waals surface area contributed by atoms with Crippen molar-refractivity contribution in [3.05, 3.63) is 12.3 Å². The molecule has 0 atom stereocenters. The largest absolute Gasteiger partial charge is 0.383 e. The van der Waals surface area contributed by atoms with Crippen molar-refractivity contribution in [3.8, 4) is 0 Å². The second-order valence-corrected chi connectivity index (χ2v) is 1.80. The zero-order valence-electron chi connectivity index (χ0n) is 5.50. The van der Waals surface area contributed by atoms with Gasteiger partial charge in [-0.05, 0) is 0 Å². The van der Waals surface area contributed by atoms with E-state index < -0.39 is 5.78 Å². The number of carbonyl (C=O) groups excluding carboxylic acids is 2. The van der Waals surface area contributed by atoms with E-state index in [1.807, 2.05) is 0 Å². The van der Waals surface area contributed by atoms with Crippen LogP contribution in [0.4, 0.5) is 0 Å². The average Bonchev–Trinajstić information content (AvgIpc) is 1.83. The molecule has 0 amide bonds. The van der Waals surface area contributed by atoms with Crippen molar-refractivity contribution in [2.45, 2.75) is 0 Å². The molecule has 0 fully saturated rings. The van der Waals surface area contributed by atoms with Gasteiger partial charge in [-0.15, -0.1) is 0 Å². The van der Waals surface area contributed by atoms with Gasteiger partial charge >= 0.3 is 0 Å². The molecule has 0 rings (SSSR count). The molecule has 0 radical (unpaired) electrons. The second-order valence-electron chi connectivity index (χ2n) is 1.80. The summed E-state index contributed by atoms with van der Waals surface area (Å²) in [5, 5.41) is 0. The highest BCUT2D eigenvalue weighted by Gasteiger charge is 1.87. The van der Waals surface area contributed by atoms with Crippen LogP contribution in [0, 0.1) is 0 Å². The first kappa shape index (κ1) is 7.88. The van der Waals surface area contributed by atoms with Crippen LogP contribution in [0.2, 0.25) is 0 Å². The zero-order chi connectivity index (χ0) is 7.28. The molecule has 0 saturated carbocycles. The number of rotatable bonds is 3. The number of allylic oxidation sites excluding steroid dienone is 1. The van der Waals surface area contributed by atoms with Gasteiger partial charge in [0.15, 0.2) is 6.29 Å². The smallest absolute Gasteiger partial charge is 0.219 e. The lowest BCUT2D eigenvalue weighted by molar-refractivity contribution is -0.126. The Balaban J connectivity index is 3.70. The van der Waals surface area contributed by atoms with Gasteiger partial charge in [0.25, 0.3) is 0 Å². The van der Waals surface area contributed by atoms with Crippen LogP contribution in [0.3, 0.4) is 0 Å². The minimum atomic E-state index is -0.510.